The maximum absolute atomic E-state index is 4.97. The molecule has 0 heterocycles. The van der Waals surface area contributed by atoms with Crippen LogP contribution in [0.3, 0.4) is 0 Å². The maximum atomic E-state index is 4.97. The number of hydrogen-bond acceptors (Lipinski definition) is 1. The van der Waals surface area contributed by atoms with Crippen molar-refractivity contribution in [3.8, 4) is 0 Å². The Kier molecular flexibility index (Phi) is 12.2. The summed E-state index contributed by atoms with van der Waals surface area (Å²) in [7, 11) is 19.1. The van der Waals surface area contributed by atoms with Crippen LogP contribution in [0.5, 0.6) is 0 Å². The second-order valence-corrected chi connectivity index (χ2v) is 12.6. The zero-order chi connectivity index (χ0) is 15.5. The molecule has 0 aromatic heterocycles. The fourth-order valence-electron chi connectivity index (χ4n) is 1.70. The third-order valence-electron chi connectivity index (χ3n) is 2.18. The molecule has 0 aliphatic carbocycles. The summed E-state index contributed by atoms with van der Waals surface area (Å²) in [5, 5.41) is 2.66. The standard InChI is InChI=1S/C9H7.C6H14N.3ClH.Ti/c1-2-5-9-7-3-6-8(9)4-1;1-6(2)5-7(3)4;;;;/h1-7H;5H2,1-4H3;3*1H;/q2*-1;;;;+3/p-3. The minimum Gasteiger partial charge on any atom is -0.168 e. The molecule has 5 heteroatoms. The molecule has 0 amide bonds. The summed E-state index contributed by atoms with van der Waals surface area (Å²) in [4.78, 5) is 2.16. The van der Waals surface area contributed by atoms with E-state index in [1.165, 1.54) is 16.7 Å². The molecule has 0 saturated heterocycles. The Balaban J connectivity index is 0.000000296. The SMILES string of the molecule is C[C-](C)CN(C)C.[Cl][Ti]([Cl])[Cl].c1ccc2[cH-]ccc2c1. The van der Waals surface area contributed by atoms with Crippen LogP contribution in [0.15, 0.2) is 42.5 Å². The second-order valence-electron chi connectivity index (χ2n) is 4.81. The van der Waals surface area contributed by atoms with E-state index in [4.69, 9.17) is 27.9 Å². The minimum absolute atomic E-state index is 1.11. The van der Waals surface area contributed by atoms with Gasteiger partial charge in [-0.2, -0.15) is 31.4 Å². The topological polar surface area (TPSA) is 3.24 Å². The number of benzene rings is 1. The average Bonchev–Trinajstić information content (AvgIpc) is 2.74. The van der Waals surface area contributed by atoms with Gasteiger partial charge >= 0.3 is 42.6 Å². The first-order chi connectivity index (χ1) is 9.32. The number of hydrogen-bond donors (Lipinski definition) is 0. The van der Waals surface area contributed by atoms with Crippen LogP contribution in [0.4, 0.5) is 0 Å². The Morgan fingerprint density at radius 2 is 1.65 bits per heavy atom. The van der Waals surface area contributed by atoms with Crippen molar-refractivity contribution in [1.82, 2.24) is 4.90 Å². The number of fused-ring (bicyclic) bond motifs is 1. The fraction of sp³-hybridized carbons (Fsp3) is 0.333. The summed E-state index contributed by atoms with van der Waals surface area (Å²) >= 11 is -1.92. The van der Waals surface area contributed by atoms with Gasteiger partial charge < -0.3 is 10.8 Å². The molecule has 0 atom stereocenters. The van der Waals surface area contributed by atoms with Crippen LogP contribution in [-0.2, 0) is 14.7 Å². The van der Waals surface area contributed by atoms with Gasteiger partial charge in [0.05, 0.1) is 0 Å². The van der Waals surface area contributed by atoms with Gasteiger partial charge in [0.15, 0.2) is 0 Å². The Morgan fingerprint density at radius 3 is 2.05 bits per heavy atom. The van der Waals surface area contributed by atoms with Gasteiger partial charge in [-0.1, -0.05) is 6.07 Å². The van der Waals surface area contributed by atoms with Crippen LogP contribution in [0.1, 0.15) is 13.8 Å². The van der Waals surface area contributed by atoms with E-state index in [1.54, 1.807) is 0 Å². The molecule has 0 unspecified atom stereocenters. The summed E-state index contributed by atoms with van der Waals surface area (Å²) in [5.41, 5.74) is 0. The Morgan fingerprint density at radius 1 is 1.10 bits per heavy atom. The molecule has 0 aliphatic heterocycles. The first-order valence-corrected chi connectivity index (χ1v) is 12.6. The van der Waals surface area contributed by atoms with E-state index in [9.17, 15) is 0 Å². The third-order valence-corrected chi connectivity index (χ3v) is 2.18. The van der Waals surface area contributed by atoms with Crippen LogP contribution >= 0.6 is 27.9 Å². The van der Waals surface area contributed by atoms with Crippen molar-refractivity contribution < 1.29 is 14.7 Å². The summed E-state index contributed by atoms with van der Waals surface area (Å²) in [5.74, 6) is 1.46. The molecule has 20 heavy (non-hydrogen) atoms. The molecule has 1 nitrogen and oxygen atoms in total. The smallest absolute Gasteiger partial charge is 0.0809 e. The number of nitrogens with zero attached hydrogens (tertiary/aromatic N) is 1. The van der Waals surface area contributed by atoms with Crippen LogP contribution in [-0.4, -0.2) is 25.5 Å². The largest absolute Gasteiger partial charge is 0.168 e. The fourth-order valence-corrected chi connectivity index (χ4v) is 1.70. The van der Waals surface area contributed by atoms with Crippen LogP contribution in [0.2, 0.25) is 0 Å². The van der Waals surface area contributed by atoms with Crippen molar-refractivity contribution in [2.24, 2.45) is 0 Å². The maximum Gasteiger partial charge on any atom is -0.0809 e. The zero-order valence-corrected chi connectivity index (χ0v) is 16.2. The molecule has 0 saturated carbocycles. The predicted octanol–water partition coefficient (Wildman–Crippen LogP) is 5.79. The monoisotopic (exact) mass is 368 g/mol. The summed E-state index contributed by atoms with van der Waals surface area (Å²) < 4.78 is 0. The van der Waals surface area contributed by atoms with Gasteiger partial charge in [-0.3, -0.25) is 0 Å². The quantitative estimate of drug-likeness (QED) is 0.478. The van der Waals surface area contributed by atoms with E-state index in [0.29, 0.717) is 0 Å². The summed E-state index contributed by atoms with van der Waals surface area (Å²) in [6.07, 6.45) is 0. The molecule has 0 spiro atoms. The van der Waals surface area contributed by atoms with Crippen molar-refractivity contribution in [3.63, 3.8) is 0 Å². The van der Waals surface area contributed by atoms with Crippen molar-refractivity contribution >= 4 is 38.7 Å². The molecule has 2 rings (SSSR count). The van der Waals surface area contributed by atoms with Gasteiger partial charge in [-0.15, -0.1) is 36.2 Å². The van der Waals surface area contributed by atoms with E-state index in [1.807, 2.05) is 0 Å². The molecule has 2 aromatic rings. The number of rotatable bonds is 2. The average molecular weight is 370 g/mol. The van der Waals surface area contributed by atoms with Gasteiger partial charge in [0.25, 0.3) is 0 Å². The Hall–Kier alpha value is 0.374. The van der Waals surface area contributed by atoms with E-state index >= 15 is 0 Å². The zero-order valence-electron chi connectivity index (χ0n) is 12.3. The molecule has 0 aliphatic rings. The van der Waals surface area contributed by atoms with Gasteiger partial charge in [0.1, 0.15) is 0 Å². The van der Waals surface area contributed by atoms with E-state index < -0.39 is 14.7 Å². The van der Waals surface area contributed by atoms with E-state index in [2.05, 4.69) is 75.3 Å². The Labute approximate surface area is 140 Å². The Bertz CT molecular complexity index is 416. The number of halogens is 3. The van der Waals surface area contributed by atoms with Crippen LogP contribution < -0.4 is 0 Å². The van der Waals surface area contributed by atoms with Crippen molar-refractivity contribution in [3.05, 3.63) is 48.4 Å². The van der Waals surface area contributed by atoms with Gasteiger partial charge in [-0.05, 0) is 14.1 Å². The van der Waals surface area contributed by atoms with E-state index in [0.717, 1.165) is 6.54 Å². The van der Waals surface area contributed by atoms with Crippen LogP contribution in [0, 0.1) is 5.92 Å². The molecule has 0 bridgehead atoms. The van der Waals surface area contributed by atoms with Gasteiger partial charge in [0, 0.05) is 0 Å². The summed E-state index contributed by atoms with van der Waals surface area (Å²) in [6, 6.07) is 14.7. The third kappa shape index (κ3) is 12.1. The summed E-state index contributed by atoms with van der Waals surface area (Å²) in [6.45, 7) is 5.39. The van der Waals surface area contributed by atoms with Crippen molar-refractivity contribution in [1.29, 1.82) is 0 Å². The van der Waals surface area contributed by atoms with Crippen molar-refractivity contribution in [2.45, 2.75) is 13.8 Å². The van der Waals surface area contributed by atoms with Gasteiger partial charge in [-0.25, -0.2) is 0 Å². The van der Waals surface area contributed by atoms with Crippen molar-refractivity contribution in [2.75, 3.05) is 20.6 Å². The predicted molar refractivity (Wildman–Crippen MR) is 90.2 cm³/mol. The van der Waals surface area contributed by atoms with E-state index in [-0.39, 0.29) is 0 Å². The molecular formula is C15H21Cl3NTi-2. The molecule has 0 radical (unpaired) electrons. The second kappa shape index (κ2) is 12.0. The molecule has 0 N–H and O–H groups in total. The first kappa shape index (κ1) is 20.4. The van der Waals surface area contributed by atoms with Gasteiger partial charge in [0.2, 0.25) is 0 Å². The first-order valence-electron chi connectivity index (χ1n) is 6.20. The molecule has 0 fully saturated rings. The molecule has 113 valence electrons. The molecule has 2 aromatic carbocycles. The normalized spacial score (nSPS) is 9.85. The minimum atomic E-state index is -1.92. The molecular weight excluding hydrogens is 348 g/mol. The van der Waals surface area contributed by atoms with Crippen LogP contribution in [0.25, 0.3) is 10.8 Å².